The van der Waals surface area contributed by atoms with Crippen LogP contribution in [0, 0.1) is 17.0 Å². The van der Waals surface area contributed by atoms with Gasteiger partial charge in [-0.15, -0.1) is 0 Å². The van der Waals surface area contributed by atoms with Crippen molar-refractivity contribution in [1.29, 1.82) is 0 Å². The number of hydrogen-bond acceptors (Lipinski definition) is 7. The van der Waals surface area contributed by atoms with Gasteiger partial charge in [-0.3, -0.25) is 14.8 Å². The molecule has 0 saturated carbocycles. The van der Waals surface area contributed by atoms with Crippen LogP contribution in [0.2, 0.25) is 0 Å². The highest BCUT2D eigenvalue weighted by molar-refractivity contribution is 9.10. The molecule has 0 radical (unpaired) electrons. The van der Waals surface area contributed by atoms with Crippen molar-refractivity contribution in [3.8, 4) is 5.75 Å². The molecule has 0 spiro atoms. The molecule has 0 aliphatic rings. The van der Waals surface area contributed by atoms with Gasteiger partial charge in [-0.1, -0.05) is 15.9 Å². The predicted octanol–water partition coefficient (Wildman–Crippen LogP) is 1.24. The third-order valence-electron chi connectivity index (χ3n) is 3.19. The highest BCUT2D eigenvalue weighted by Crippen LogP contribution is 2.40. The Kier molecular flexibility index (Phi) is 5.51. The number of nitro benzene ring substituents is 1. The monoisotopic (exact) mass is 419 g/mol. The van der Waals surface area contributed by atoms with E-state index < -0.39 is 20.6 Å². The van der Waals surface area contributed by atoms with Crippen molar-refractivity contribution in [3.05, 3.63) is 38.9 Å². The van der Waals surface area contributed by atoms with Gasteiger partial charge in [0.2, 0.25) is 15.8 Å². The van der Waals surface area contributed by atoms with Gasteiger partial charge in [0.15, 0.2) is 0 Å². The van der Waals surface area contributed by atoms with Gasteiger partial charge in [0.25, 0.3) is 0 Å². The first-order chi connectivity index (χ1) is 11.3. The van der Waals surface area contributed by atoms with E-state index in [9.17, 15) is 18.5 Å². The number of nitro groups is 1. The lowest BCUT2D eigenvalue weighted by Gasteiger charge is -2.13. The minimum absolute atomic E-state index is 0.0359. The Balaban J connectivity index is 2.36. The zero-order chi connectivity index (χ0) is 17.9. The fourth-order valence-electron chi connectivity index (χ4n) is 2.03. The average molecular weight is 420 g/mol. The molecular weight excluding hydrogens is 406 g/mol. The lowest BCUT2D eigenvalue weighted by Crippen LogP contribution is -2.28. The number of nitrogens with one attached hydrogen (secondary N) is 1. The van der Waals surface area contributed by atoms with E-state index in [4.69, 9.17) is 4.74 Å². The summed E-state index contributed by atoms with van der Waals surface area (Å²) in [5.74, 6) is -0.311. The maximum atomic E-state index is 12.5. The summed E-state index contributed by atoms with van der Waals surface area (Å²) in [6, 6.07) is 1.28. The number of ether oxygens (including phenoxy) is 1. The Bertz CT molecular complexity index is 853. The summed E-state index contributed by atoms with van der Waals surface area (Å²) in [5, 5.41) is 15.1. The van der Waals surface area contributed by atoms with Crippen molar-refractivity contribution >= 4 is 31.6 Å². The van der Waals surface area contributed by atoms with E-state index in [0.717, 1.165) is 0 Å². The van der Waals surface area contributed by atoms with Gasteiger partial charge in [-0.2, -0.15) is 5.10 Å². The zero-order valence-electron chi connectivity index (χ0n) is 12.8. The largest absolute Gasteiger partial charge is 0.489 e. The molecule has 0 aliphatic heterocycles. The average Bonchev–Trinajstić information content (AvgIpc) is 3.01. The number of benzene rings is 1. The van der Waals surface area contributed by atoms with Gasteiger partial charge in [-0.25, -0.2) is 18.1 Å². The molecule has 1 aromatic heterocycles. The summed E-state index contributed by atoms with van der Waals surface area (Å²) in [7, 11) is -2.84. The summed E-state index contributed by atoms with van der Waals surface area (Å²) >= 11 is 3.15. The number of rotatable bonds is 7. The van der Waals surface area contributed by atoms with Crippen LogP contribution < -0.4 is 9.46 Å². The highest BCUT2D eigenvalue weighted by atomic mass is 79.9. The van der Waals surface area contributed by atoms with Gasteiger partial charge in [0.05, 0.1) is 18.6 Å². The normalized spacial score (nSPS) is 11.5. The van der Waals surface area contributed by atoms with Crippen molar-refractivity contribution in [2.45, 2.75) is 18.4 Å². The van der Waals surface area contributed by atoms with Crippen LogP contribution in [0.15, 0.2) is 28.1 Å². The first-order valence-corrected chi connectivity index (χ1v) is 8.89. The van der Waals surface area contributed by atoms with Crippen LogP contribution in [0.3, 0.4) is 0 Å². The molecule has 0 unspecified atom stereocenters. The summed E-state index contributed by atoms with van der Waals surface area (Å²) in [4.78, 5) is 14.0. The van der Waals surface area contributed by atoms with Gasteiger partial charge in [-0.05, 0) is 13.0 Å². The number of sulfonamides is 1. The maximum absolute atomic E-state index is 12.5. The Morgan fingerprint density at radius 2 is 2.21 bits per heavy atom. The quantitative estimate of drug-likeness (QED) is 0.527. The molecule has 10 nitrogen and oxygen atoms in total. The van der Waals surface area contributed by atoms with Crippen molar-refractivity contribution in [2.24, 2.45) is 0 Å². The summed E-state index contributed by atoms with van der Waals surface area (Å²) in [5.41, 5.74) is -0.123. The fourth-order valence-corrected chi connectivity index (χ4v) is 3.81. The summed E-state index contributed by atoms with van der Waals surface area (Å²) in [6.07, 6.45) is 2.78. The molecule has 130 valence electrons. The number of methoxy groups -OCH3 is 1. The van der Waals surface area contributed by atoms with Crippen LogP contribution in [0.5, 0.6) is 5.75 Å². The molecule has 0 saturated heterocycles. The minimum Gasteiger partial charge on any atom is -0.489 e. The lowest BCUT2D eigenvalue weighted by atomic mass is 10.2. The molecule has 0 fully saturated rings. The molecule has 0 atom stereocenters. The number of hydrogen-bond donors (Lipinski definition) is 1. The molecule has 24 heavy (non-hydrogen) atoms. The Hall–Kier alpha value is -2.05. The third kappa shape index (κ3) is 3.71. The van der Waals surface area contributed by atoms with Crippen LogP contribution in [-0.2, 0) is 16.6 Å². The smallest absolute Gasteiger partial charge is 0.316 e. The topological polar surface area (TPSA) is 129 Å². The molecule has 2 rings (SSSR count). The Labute approximate surface area is 146 Å². The number of halogens is 1. The van der Waals surface area contributed by atoms with Crippen molar-refractivity contribution in [3.63, 3.8) is 0 Å². The van der Waals surface area contributed by atoms with Crippen LogP contribution in [-0.4, -0.2) is 41.8 Å². The zero-order valence-corrected chi connectivity index (χ0v) is 15.2. The van der Waals surface area contributed by atoms with Crippen LogP contribution in [0.4, 0.5) is 5.69 Å². The van der Waals surface area contributed by atoms with Crippen LogP contribution >= 0.6 is 15.9 Å². The molecule has 0 bridgehead atoms. The lowest BCUT2D eigenvalue weighted by molar-refractivity contribution is -0.386. The molecule has 1 heterocycles. The first-order valence-electron chi connectivity index (χ1n) is 6.61. The van der Waals surface area contributed by atoms with Gasteiger partial charge in [0, 0.05) is 16.6 Å². The molecule has 1 N–H and O–H groups in total. The second-order valence-corrected chi connectivity index (χ2v) is 7.27. The summed E-state index contributed by atoms with van der Waals surface area (Å²) < 4.78 is 34.1. The van der Waals surface area contributed by atoms with Crippen molar-refractivity contribution < 1.29 is 18.1 Å². The number of aromatic nitrogens is 3. The van der Waals surface area contributed by atoms with E-state index in [2.05, 4.69) is 30.7 Å². The second-order valence-electron chi connectivity index (χ2n) is 4.68. The summed E-state index contributed by atoms with van der Waals surface area (Å²) in [6.45, 7) is 1.80. The highest BCUT2D eigenvalue weighted by Gasteiger charge is 2.30. The molecular formula is C12H14BrN5O5S. The molecule has 12 heteroatoms. The van der Waals surface area contributed by atoms with Gasteiger partial charge in [0.1, 0.15) is 17.6 Å². The van der Waals surface area contributed by atoms with Crippen LogP contribution in [0.25, 0.3) is 0 Å². The van der Waals surface area contributed by atoms with Gasteiger partial charge < -0.3 is 4.74 Å². The van der Waals surface area contributed by atoms with E-state index in [-0.39, 0.29) is 29.3 Å². The van der Waals surface area contributed by atoms with Gasteiger partial charge >= 0.3 is 5.69 Å². The van der Waals surface area contributed by atoms with E-state index in [0.29, 0.717) is 4.47 Å². The third-order valence-corrected chi connectivity index (χ3v) is 5.48. The van der Waals surface area contributed by atoms with Crippen LogP contribution in [0.1, 0.15) is 5.56 Å². The van der Waals surface area contributed by atoms with E-state index in [1.165, 1.54) is 37.4 Å². The maximum Gasteiger partial charge on any atom is 0.316 e. The molecule has 1 aromatic carbocycles. The SMILES string of the molecule is COc1c(S(=O)(=O)NCCn2cncn2)cc(Br)c(C)c1[N+](=O)[O-]. The number of nitrogens with zero attached hydrogens (tertiary/aromatic N) is 4. The van der Waals surface area contributed by atoms with E-state index in [1.54, 1.807) is 0 Å². The fraction of sp³-hybridized carbons (Fsp3) is 0.333. The molecule has 0 aliphatic carbocycles. The van der Waals surface area contributed by atoms with E-state index in [1.807, 2.05) is 0 Å². The van der Waals surface area contributed by atoms with Crippen molar-refractivity contribution in [1.82, 2.24) is 19.5 Å². The predicted molar refractivity (Wildman–Crippen MR) is 87.3 cm³/mol. The first kappa shape index (κ1) is 18.3. The van der Waals surface area contributed by atoms with Crippen molar-refractivity contribution in [2.75, 3.05) is 13.7 Å². The Morgan fingerprint density at radius 1 is 1.50 bits per heavy atom. The standard InChI is InChI=1S/C12H14BrN5O5S/c1-8-9(13)5-10(12(23-2)11(8)18(19)20)24(21,22)16-3-4-17-7-14-6-15-17/h5-7,16H,3-4H2,1-2H3. The molecule has 2 aromatic rings. The Morgan fingerprint density at radius 3 is 2.75 bits per heavy atom. The second kappa shape index (κ2) is 7.23. The minimum atomic E-state index is -4.02. The molecule has 0 amide bonds. The van der Waals surface area contributed by atoms with E-state index >= 15 is 0 Å².